The third-order valence-corrected chi connectivity index (χ3v) is 4.16. The van der Waals surface area contributed by atoms with Crippen molar-refractivity contribution in [2.24, 2.45) is 0 Å². The minimum absolute atomic E-state index is 0.00257. The van der Waals surface area contributed by atoms with Crippen molar-refractivity contribution in [2.45, 2.75) is 19.1 Å². The summed E-state index contributed by atoms with van der Waals surface area (Å²) in [7, 11) is 0. The summed E-state index contributed by atoms with van der Waals surface area (Å²) < 4.78 is 5.26. The summed E-state index contributed by atoms with van der Waals surface area (Å²) in [5, 5.41) is 15.0. The summed E-state index contributed by atoms with van der Waals surface area (Å²) in [6.45, 7) is 2.96. The molecule has 0 spiro atoms. The SMILES string of the molecule is CC(=O)NC[C@H]1CN(c2ccc(C3=CC(CO)NC3)cc2)C(=O)O1. The first-order valence-electron chi connectivity index (χ1n) is 7.95. The topological polar surface area (TPSA) is 90.9 Å². The zero-order chi connectivity index (χ0) is 17.1. The predicted octanol–water partition coefficient (Wildman–Crippen LogP) is 0.495. The summed E-state index contributed by atoms with van der Waals surface area (Å²) in [5.74, 6) is -0.145. The summed E-state index contributed by atoms with van der Waals surface area (Å²) in [4.78, 5) is 24.5. The van der Waals surface area contributed by atoms with E-state index in [2.05, 4.69) is 10.6 Å². The van der Waals surface area contributed by atoms with Gasteiger partial charge < -0.3 is 20.5 Å². The van der Waals surface area contributed by atoms with Gasteiger partial charge in [-0.1, -0.05) is 18.2 Å². The van der Waals surface area contributed by atoms with Crippen LogP contribution in [0.3, 0.4) is 0 Å². The van der Waals surface area contributed by atoms with Crippen molar-refractivity contribution in [3.8, 4) is 0 Å². The summed E-state index contributed by atoms with van der Waals surface area (Å²) >= 11 is 0. The number of carbonyl (C=O) groups is 2. The number of aliphatic hydroxyl groups is 1. The first-order valence-corrected chi connectivity index (χ1v) is 7.95. The highest BCUT2D eigenvalue weighted by Crippen LogP contribution is 2.25. The molecule has 0 aliphatic carbocycles. The third-order valence-electron chi connectivity index (χ3n) is 4.16. The van der Waals surface area contributed by atoms with E-state index in [0.717, 1.165) is 23.4 Å². The zero-order valence-corrected chi connectivity index (χ0v) is 13.5. The molecule has 0 radical (unpaired) electrons. The van der Waals surface area contributed by atoms with Crippen LogP contribution in [-0.4, -0.2) is 55.5 Å². The van der Waals surface area contributed by atoms with Crippen molar-refractivity contribution >= 4 is 23.3 Å². The van der Waals surface area contributed by atoms with Crippen molar-refractivity contribution in [1.82, 2.24) is 10.6 Å². The van der Waals surface area contributed by atoms with Gasteiger partial charge in [-0.3, -0.25) is 9.69 Å². The number of amides is 2. The number of ether oxygens (including phenoxy) is 1. The Labute approximate surface area is 140 Å². The number of anilines is 1. The van der Waals surface area contributed by atoms with E-state index >= 15 is 0 Å². The minimum atomic E-state index is -0.403. The Morgan fingerprint density at radius 3 is 2.79 bits per heavy atom. The highest BCUT2D eigenvalue weighted by molar-refractivity contribution is 5.90. The minimum Gasteiger partial charge on any atom is -0.442 e. The number of nitrogens with one attached hydrogen (secondary N) is 2. The van der Waals surface area contributed by atoms with E-state index in [9.17, 15) is 9.59 Å². The van der Waals surface area contributed by atoms with Crippen LogP contribution in [0.1, 0.15) is 12.5 Å². The Kier molecular flexibility index (Phi) is 4.82. The van der Waals surface area contributed by atoms with Crippen LogP contribution < -0.4 is 15.5 Å². The quantitative estimate of drug-likeness (QED) is 0.731. The molecule has 1 aromatic carbocycles. The number of carbonyl (C=O) groups excluding carboxylic acids is 2. The number of benzene rings is 1. The molecule has 3 rings (SSSR count). The Balaban J connectivity index is 1.65. The van der Waals surface area contributed by atoms with E-state index in [0.29, 0.717) is 13.1 Å². The first-order chi connectivity index (χ1) is 11.6. The number of aliphatic hydroxyl groups excluding tert-OH is 1. The Hall–Kier alpha value is -2.38. The molecule has 7 nitrogen and oxygen atoms in total. The van der Waals surface area contributed by atoms with E-state index in [1.54, 1.807) is 4.90 Å². The summed E-state index contributed by atoms with van der Waals surface area (Å²) in [6, 6.07) is 7.67. The maximum atomic E-state index is 12.0. The molecule has 2 heterocycles. The zero-order valence-electron chi connectivity index (χ0n) is 13.5. The Bertz CT molecular complexity index is 656. The molecule has 0 saturated carbocycles. The fourth-order valence-electron chi connectivity index (χ4n) is 2.87. The summed E-state index contributed by atoms with van der Waals surface area (Å²) in [6.07, 6.45) is 1.27. The van der Waals surface area contributed by atoms with E-state index in [-0.39, 0.29) is 24.7 Å². The van der Waals surface area contributed by atoms with Crippen molar-refractivity contribution < 1.29 is 19.4 Å². The van der Waals surface area contributed by atoms with Crippen molar-refractivity contribution in [3.05, 3.63) is 35.9 Å². The van der Waals surface area contributed by atoms with Crippen LogP contribution in [0.25, 0.3) is 5.57 Å². The summed E-state index contributed by atoms with van der Waals surface area (Å²) in [5.41, 5.74) is 2.96. The average molecular weight is 331 g/mol. The van der Waals surface area contributed by atoms with Gasteiger partial charge in [-0.15, -0.1) is 0 Å². The number of nitrogens with zero attached hydrogens (tertiary/aromatic N) is 1. The standard InChI is InChI=1S/C17H21N3O4/c1-11(22)18-8-16-9-20(17(23)24-16)15-4-2-12(3-5-15)13-6-14(10-21)19-7-13/h2-6,14,16,19,21H,7-10H2,1H3,(H,18,22)/t14?,16-/m0/s1. The van der Waals surface area contributed by atoms with Crippen LogP contribution in [0.2, 0.25) is 0 Å². The largest absolute Gasteiger partial charge is 0.442 e. The molecule has 2 amide bonds. The maximum absolute atomic E-state index is 12.0. The van der Waals surface area contributed by atoms with Gasteiger partial charge in [-0.25, -0.2) is 4.79 Å². The Morgan fingerprint density at radius 1 is 1.42 bits per heavy atom. The van der Waals surface area contributed by atoms with Gasteiger partial charge in [0.25, 0.3) is 0 Å². The molecule has 2 aliphatic heterocycles. The number of rotatable bonds is 5. The van der Waals surface area contributed by atoms with E-state index in [1.165, 1.54) is 6.92 Å². The number of cyclic esters (lactones) is 1. The average Bonchev–Trinajstić information content (AvgIpc) is 3.19. The maximum Gasteiger partial charge on any atom is 0.414 e. The molecule has 2 atom stereocenters. The fourth-order valence-corrected chi connectivity index (χ4v) is 2.87. The van der Waals surface area contributed by atoms with Crippen LogP contribution >= 0.6 is 0 Å². The van der Waals surface area contributed by atoms with Crippen LogP contribution in [0.15, 0.2) is 30.3 Å². The molecule has 2 aliphatic rings. The van der Waals surface area contributed by atoms with Gasteiger partial charge in [0.1, 0.15) is 6.10 Å². The molecule has 3 N–H and O–H groups in total. The second kappa shape index (κ2) is 7.02. The van der Waals surface area contributed by atoms with Gasteiger partial charge in [0.05, 0.1) is 19.7 Å². The van der Waals surface area contributed by atoms with Crippen LogP contribution in [-0.2, 0) is 9.53 Å². The van der Waals surface area contributed by atoms with Crippen LogP contribution in [0.4, 0.5) is 10.5 Å². The van der Waals surface area contributed by atoms with Gasteiger partial charge in [0.2, 0.25) is 5.91 Å². The van der Waals surface area contributed by atoms with Crippen molar-refractivity contribution in [2.75, 3.05) is 31.1 Å². The second-order valence-electron chi connectivity index (χ2n) is 5.96. The van der Waals surface area contributed by atoms with Gasteiger partial charge in [0, 0.05) is 25.2 Å². The van der Waals surface area contributed by atoms with Gasteiger partial charge >= 0.3 is 6.09 Å². The molecule has 1 aromatic rings. The second-order valence-corrected chi connectivity index (χ2v) is 5.96. The molecule has 1 saturated heterocycles. The highest BCUT2D eigenvalue weighted by Gasteiger charge is 2.32. The van der Waals surface area contributed by atoms with E-state index in [1.807, 2.05) is 30.3 Å². The molecular formula is C17H21N3O4. The Morgan fingerprint density at radius 2 is 2.17 bits per heavy atom. The van der Waals surface area contributed by atoms with Crippen molar-refractivity contribution in [1.29, 1.82) is 0 Å². The molecule has 128 valence electrons. The predicted molar refractivity (Wildman–Crippen MR) is 89.6 cm³/mol. The molecule has 7 heteroatoms. The van der Waals surface area contributed by atoms with Gasteiger partial charge in [-0.05, 0) is 23.3 Å². The molecular weight excluding hydrogens is 310 g/mol. The molecule has 24 heavy (non-hydrogen) atoms. The number of hydrogen-bond acceptors (Lipinski definition) is 5. The highest BCUT2D eigenvalue weighted by atomic mass is 16.6. The normalized spacial score (nSPS) is 23.2. The monoisotopic (exact) mass is 331 g/mol. The molecule has 0 aromatic heterocycles. The van der Waals surface area contributed by atoms with Gasteiger partial charge in [0.15, 0.2) is 0 Å². The smallest absolute Gasteiger partial charge is 0.414 e. The van der Waals surface area contributed by atoms with Crippen LogP contribution in [0.5, 0.6) is 0 Å². The number of hydrogen-bond donors (Lipinski definition) is 3. The molecule has 0 bridgehead atoms. The first kappa shape index (κ1) is 16.5. The van der Waals surface area contributed by atoms with Gasteiger partial charge in [-0.2, -0.15) is 0 Å². The van der Waals surface area contributed by atoms with E-state index < -0.39 is 6.09 Å². The molecule has 1 fully saturated rings. The lowest BCUT2D eigenvalue weighted by atomic mass is 10.1. The lowest BCUT2D eigenvalue weighted by molar-refractivity contribution is -0.119. The van der Waals surface area contributed by atoms with Crippen LogP contribution in [0, 0.1) is 0 Å². The molecule has 1 unspecified atom stereocenters. The third kappa shape index (κ3) is 3.58. The lowest BCUT2D eigenvalue weighted by Gasteiger charge is -2.14. The lowest BCUT2D eigenvalue weighted by Crippen LogP contribution is -2.33. The van der Waals surface area contributed by atoms with E-state index in [4.69, 9.17) is 9.84 Å². The van der Waals surface area contributed by atoms with Crippen molar-refractivity contribution in [3.63, 3.8) is 0 Å². The fraction of sp³-hybridized carbons (Fsp3) is 0.412.